The topological polar surface area (TPSA) is 237 Å². The van der Waals surface area contributed by atoms with Crippen LogP contribution < -0.4 is 0 Å². The fraction of sp³-hybridized carbons (Fsp3) is 0.600. The van der Waals surface area contributed by atoms with Gasteiger partial charge in [0.05, 0.1) is 32.8 Å². The van der Waals surface area contributed by atoms with E-state index in [0.717, 1.165) is 116 Å². The maximum absolute atomic E-state index is 13.1. The summed E-state index contributed by atoms with van der Waals surface area (Å²) in [7, 11) is -10.0. The second kappa shape index (κ2) is 75.4. The smallest absolute Gasteiger partial charge is 0.462 e. The zero-order valence-electron chi connectivity index (χ0n) is 64.1. The number of hydrogen-bond donors (Lipinski definition) is 3. The first-order valence-electron chi connectivity index (χ1n) is 39.0. The Morgan fingerprint density at radius 3 is 0.894 bits per heavy atom. The van der Waals surface area contributed by atoms with Crippen LogP contribution in [0, 0.1) is 0 Å². The Morgan fingerprint density at radius 1 is 0.288 bits per heavy atom. The van der Waals surface area contributed by atoms with Crippen molar-refractivity contribution in [3.05, 3.63) is 182 Å². The molecule has 0 aromatic rings. The maximum Gasteiger partial charge on any atom is 0.472 e. The van der Waals surface area contributed by atoms with Crippen molar-refractivity contribution in [3.8, 4) is 0 Å². The molecule has 0 amide bonds. The number of phosphoric acid groups is 2. The lowest BCUT2D eigenvalue weighted by Gasteiger charge is -2.21. The van der Waals surface area contributed by atoms with Crippen molar-refractivity contribution in [1.82, 2.24) is 0 Å². The Kier molecular flexibility index (Phi) is 71.2. The number of esters is 4. The van der Waals surface area contributed by atoms with Crippen LogP contribution in [0.1, 0.15) is 272 Å². The molecule has 0 aromatic heterocycles. The van der Waals surface area contributed by atoms with Crippen LogP contribution >= 0.6 is 15.6 Å². The predicted molar refractivity (Wildman–Crippen MR) is 426 cm³/mol. The van der Waals surface area contributed by atoms with Crippen molar-refractivity contribution >= 4 is 39.5 Å². The molecule has 0 aromatic carbocycles. The van der Waals surface area contributed by atoms with Crippen LogP contribution in [0.5, 0.6) is 0 Å². The number of ether oxygens (including phenoxy) is 4. The normalized spacial score (nSPS) is 14.9. The SMILES string of the molecule is CC/C=C\C/C=C\C/C=C\C/C=C\C/C=C\C/C=C\CCC(=O)OCC(COP(=O)(O)OCC(O)COP(=O)(O)OCC(COC(=O)C/C=C\C/C=C\C/C=C\C/C=C\C/C=C\CC)OC(=O)CCCCCCCCCCCCCCCCC)OC(=O)CCCC/C=C\C/C=C\C/C=C\C/C=C\CC. The monoisotopic (exact) mass is 1490 g/mol. The largest absolute Gasteiger partial charge is 0.472 e. The summed E-state index contributed by atoms with van der Waals surface area (Å²) in [6, 6.07) is 0. The molecule has 17 nitrogen and oxygen atoms in total. The third-order valence-corrected chi connectivity index (χ3v) is 17.3. The fourth-order valence-electron chi connectivity index (χ4n) is 9.60. The van der Waals surface area contributed by atoms with Crippen LogP contribution in [-0.4, -0.2) is 96.7 Å². The highest BCUT2D eigenvalue weighted by Gasteiger charge is 2.30. The van der Waals surface area contributed by atoms with Crippen molar-refractivity contribution in [3.63, 3.8) is 0 Å². The van der Waals surface area contributed by atoms with Crippen LogP contribution in [0.15, 0.2) is 182 Å². The highest BCUT2D eigenvalue weighted by atomic mass is 31.2. The van der Waals surface area contributed by atoms with Gasteiger partial charge in [0.15, 0.2) is 12.2 Å². The minimum atomic E-state index is -5.02. The molecule has 0 heterocycles. The van der Waals surface area contributed by atoms with Gasteiger partial charge in [0.1, 0.15) is 19.3 Å². The lowest BCUT2D eigenvalue weighted by Crippen LogP contribution is -2.30. The van der Waals surface area contributed by atoms with Gasteiger partial charge in [0.25, 0.3) is 0 Å². The molecule has 0 rings (SSSR count). The van der Waals surface area contributed by atoms with Crippen molar-refractivity contribution < 1.29 is 80.2 Å². The number of rotatable bonds is 71. The lowest BCUT2D eigenvalue weighted by atomic mass is 10.0. The van der Waals surface area contributed by atoms with Gasteiger partial charge < -0.3 is 33.8 Å². The molecule has 5 atom stereocenters. The van der Waals surface area contributed by atoms with E-state index in [-0.39, 0.29) is 25.7 Å². The molecule has 0 spiro atoms. The minimum absolute atomic E-state index is 0.0177. The molecule has 0 aliphatic rings. The Hall–Kier alpha value is -5.84. The van der Waals surface area contributed by atoms with Crippen molar-refractivity contribution in [2.45, 2.75) is 290 Å². The van der Waals surface area contributed by atoms with Crippen LogP contribution in [0.25, 0.3) is 0 Å². The van der Waals surface area contributed by atoms with Crippen LogP contribution in [0.4, 0.5) is 0 Å². The van der Waals surface area contributed by atoms with E-state index in [1.165, 1.54) is 64.2 Å². The molecule has 104 heavy (non-hydrogen) atoms. The van der Waals surface area contributed by atoms with Crippen molar-refractivity contribution in [2.75, 3.05) is 39.6 Å². The van der Waals surface area contributed by atoms with Gasteiger partial charge in [-0.2, -0.15) is 0 Å². The van der Waals surface area contributed by atoms with Gasteiger partial charge in [0.2, 0.25) is 0 Å². The zero-order chi connectivity index (χ0) is 76.0. The standard InChI is InChI=1S/C85H136O17P2/c1-5-9-13-17-21-25-29-33-37-38-39-40-44-46-50-54-58-62-66-70-83(88)96-76-81(102-85(90)72-68-64-60-56-52-48-43-36-32-28-24-20-16-12-8-4)78-100-104(93,94)98-74-79(86)73-97-103(91,92)99-77-80(101-84(89)71-67-63-59-55-51-47-42-35-31-27-23-19-15-11-7-3)75-95-82(87)69-65-61-57-53-49-45-41-34-30-26-22-18-14-10-6-2/h9-10,12-14,16,21-22,24-26,28,33-34,36-37,39-41,43,46,49-50,52-53,56,58,61-62,65,79-81,86H,5-8,11,15,17-20,23,27,29-32,35,38,42,44-45,47-48,51,54-55,57,59-60,63-64,66-78H2,1-4H3,(H,91,92)(H,93,94)/b13-9-,14-10-,16-12-,25-21-,26-22-,28-24-,37-33-,40-39-,41-34-,43-36-,50-46-,53-49-,56-52-,62-58-,65-61-. The molecule has 588 valence electrons. The van der Waals surface area contributed by atoms with Crippen LogP contribution in [-0.2, 0) is 65.4 Å². The van der Waals surface area contributed by atoms with Crippen LogP contribution in [0.2, 0.25) is 0 Å². The number of carbonyl (C=O) groups is 4. The molecule has 3 N–H and O–H groups in total. The zero-order valence-corrected chi connectivity index (χ0v) is 65.9. The molecule has 0 saturated carbocycles. The summed E-state index contributed by atoms with van der Waals surface area (Å²) in [5.74, 6) is -2.48. The number of unbranched alkanes of at least 4 members (excludes halogenated alkanes) is 16. The Morgan fingerprint density at radius 2 is 0.558 bits per heavy atom. The maximum atomic E-state index is 13.1. The van der Waals surface area contributed by atoms with E-state index < -0.39 is 97.5 Å². The molecule has 0 fully saturated rings. The summed E-state index contributed by atoms with van der Waals surface area (Å²) in [6.45, 7) is 4.26. The first-order valence-corrected chi connectivity index (χ1v) is 42.0. The molecule has 0 aliphatic heterocycles. The molecule has 0 bridgehead atoms. The van der Waals surface area contributed by atoms with Gasteiger partial charge in [-0.05, 0) is 128 Å². The fourth-order valence-corrected chi connectivity index (χ4v) is 11.2. The number of hydrogen-bond acceptors (Lipinski definition) is 15. The van der Waals surface area contributed by atoms with Gasteiger partial charge >= 0.3 is 39.5 Å². The average Bonchev–Trinajstić information content (AvgIpc) is 0.918. The number of aliphatic hydroxyl groups excluding tert-OH is 1. The summed E-state index contributed by atoms with van der Waals surface area (Å²) in [5, 5.41) is 10.6. The second-order valence-corrected chi connectivity index (χ2v) is 28.1. The third-order valence-electron chi connectivity index (χ3n) is 15.4. The number of carbonyl (C=O) groups excluding carboxylic acids is 4. The minimum Gasteiger partial charge on any atom is -0.462 e. The molecular formula is C85H136O17P2. The van der Waals surface area contributed by atoms with Gasteiger partial charge in [-0.3, -0.25) is 37.3 Å². The summed E-state index contributed by atoms with van der Waals surface area (Å²) in [6.07, 6.45) is 90.7. The molecule has 0 saturated heterocycles. The van der Waals surface area contributed by atoms with Crippen LogP contribution in [0.3, 0.4) is 0 Å². The first-order chi connectivity index (χ1) is 50.7. The van der Waals surface area contributed by atoms with E-state index in [1.54, 1.807) is 6.08 Å². The van der Waals surface area contributed by atoms with Gasteiger partial charge in [-0.25, -0.2) is 9.13 Å². The first kappa shape index (κ1) is 98.2. The van der Waals surface area contributed by atoms with E-state index >= 15 is 0 Å². The Bertz CT molecular complexity index is 2690. The number of allylic oxidation sites excluding steroid dienone is 29. The molecule has 19 heteroatoms. The number of phosphoric ester groups is 2. The summed E-state index contributed by atoms with van der Waals surface area (Å²) < 4.78 is 68.3. The molecule has 0 radical (unpaired) electrons. The van der Waals surface area contributed by atoms with E-state index in [0.29, 0.717) is 38.5 Å². The van der Waals surface area contributed by atoms with E-state index in [9.17, 15) is 43.2 Å². The van der Waals surface area contributed by atoms with Crippen molar-refractivity contribution in [2.24, 2.45) is 0 Å². The van der Waals surface area contributed by atoms with Crippen molar-refractivity contribution in [1.29, 1.82) is 0 Å². The second-order valence-electron chi connectivity index (χ2n) is 25.2. The van der Waals surface area contributed by atoms with Gasteiger partial charge in [-0.15, -0.1) is 0 Å². The Balaban J connectivity index is 5.53. The highest BCUT2D eigenvalue weighted by Crippen LogP contribution is 2.45. The molecular weight excluding hydrogens is 1350 g/mol. The average molecular weight is 1490 g/mol. The van der Waals surface area contributed by atoms with E-state index in [4.69, 9.17) is 37.0 Å². The summed E-state index contributed by atoms with van der Waals surface area (Å²) in [4.78, 5) is 72.9. The van der Waals surface area contributed by atoms with Gasteiger partial charge in [0, 0.05) is 19.3 Å². The lowest BCUT2D eigenvalue weighted by molar-refractivity contribution is -0.161. The highest BCUT2D eigenvalue weighted by molar-refractivity contribution is 7.47. The number of aliphatic hydroxyl groups is 1. The molecule has 5 unspecified atom stereocenters. The van der Waals surface area contributed by atoms with E-state index in [2.05, 4.69) is 161 Å². The Labute approximate surface area is 628 Å². The summed E-state index contributed by atoms with van der Waals surface area (Å²) in [5.41, 5.74) is 0. The summed E-state index contributed by atoms with van der Waals surface area (Å²) >= 11 is 0. The third kappa shape index (κ3) is 74.4. The van der Waals surface area contributed by atoms with Gasteiger partial charge in [-0.1, -0.05) is 300 Å². The molecule has 0 aliphatic carbocycles. The predicted octanol–water partition coefficient (Wildman–Crippen LogP) is 22.8. The quantitative estimate of drug-likeness (QED) is 0.0169. The van der Waals surface area contributed by atoms with E-state index in [1.807, 2.05) is 42.5 Å².